The number of rotatable bonds is 3. The van der Waals surface area contributed by atoms with Crippen LogP contribution in [0.3, 0.4) is 0 Å². The number of fused-ring (bicyclic) bond motifs is 6. The molecule has 1 nitrogen and oxygen atoms in total. The van der Waals surface area contributed by atoms with E-state index in [1.165, 1.54) is 55.2 Å². The molecule has 1 aromatic heterocycles. The summed E-state index contributed by atoms with van der Waals surface area (Å²) in [6.07, 6.45) is 0. The molecule has 0 saturated carbocycles. The van der Waals surface area contributed by atoms with Gasteiger partial charge in [-0.1, -0.05) is 117 Å². The zero-order chi connectivity index (χ0) is 26.8. The van der Waals surface area contributed by atoms with Crippen molar-refractivity contribution in [2.45, 2.75) is 5.41 Å². The number of aromatic nitrogens is 1. The second kappa shape index (κ2) is 9.05. The van der Waals surface area contributed by atoms with Crippen molar-refractivity contribution in [2.24, 2.45) is 0 Å². The summed E-state index contributed by atoms with van der Waals surface area (Å²) < 4.78 is 4.53. The van der Waals surface area contributed by atoms with Crippen LogP contribution in [-0.4, -0.2) is 4.57 Å². The van der Waals surface area contributed by atoms with Crippen LogP contribution in [0, 0.1) is 0 Å². The standard InChI is InChI=1S/C37H23Br2N/c38-26-15-18-28(19-16-26)40-35-20-14-25(22-31(35)32-23-27(39)17-21-36(32)40)37(24-8-2-1-3-9-24)33-12-6-4-10-29(33)30-11-5-7-13-34(30)37/h1-23H. The highest BCUT2D eigenvalue weighted by atomic mass is 79.9. The molecule has 1 aliphatic rings. The Morgan fingerprint density at radius 3 is 1.68 bits per heavy atom. The molecule has 0 aliphatic heterocycles. The molecule has 1 heterocycles. The topological polar surface area (TPSA) is 4.93 Å². The quantitative estimate of drug-likeness (QED) is 0.181. The molecule has 0 amide bonds. The van der Waals surface area contributed by atoms with Crippen molar-refractivity contribution >= 4 is 53.7 Å². The first-order valence-corrected chi connectivity index (χ1v) is 15.0. The molecule has 0 saturated heterocycles. The van der Waals surface area contributed by atoms with Crippen LogP contribution in [0.25, 0.3) is 38.6 Å². The van der Waals surface area contributed by atoms with Gasteiger partial charge in [0, 0.05) is 25.4 Å². The fourth-order valence-corrected chi connectivity index (χ4v) is 7.43. The molecule has 0 unspecified atom stereocenters. The van der Waals surface area contributed by atoms with Gasteiger partial charge in [-0.2, -0.15) is 0 Å². The third-order valence-corrected chi connectivity index (χ3v) is 9.43. The van der Waals surface area contributed by atoms with E-state index in [1.54, 1.807) is 0 Å². The van der Waals surface area contributed by atoms with E-state index in [1.807, 2.05) is 0 Å². The molecule has 0 radical (unpaired) electrons. The van der Waals surface area contributed by atoms with Gasteiger partial charge in [-0.25, -0.2) is 0 Å². The summed E-state index contributed by atoms with van der Waals surface area (Å²) in [6, 6.07) is 51.1. The Morgan fingerprint density at radius 2 is 1.00 bits per heavy atom. The molecule has 190 valence electrons. The lowest BCUT2D eigenvalue weighted by molar-refractivity contribution is 0.770. The summed E-state index contributed by atoms with van der Waals surface area (Å²) in [5.74, 6) is 0. The summed E-state index contributed by atoms with van der Waals surface area (Å²) in [7, 11) is 0. The first-order valence-electron chi connectivity index (χ1n) is 13.4. The van der Waals surface area contributed by atoms with Crippen molar-refractivity contribution in [1.29, 1.82) is 0 Å². The lowest BCUT2D eigenvalue weighted by atomic mass is 9.67. The lowest BCUT2D eigenvalue weighted by Gasteiger charge is -2.34. The fourth-order valence-electron chi connectivity index (χ4n) is 6.81. The van der Waals surface area contributed by atoms with E-state index in [-0.39, 0.29) is 0 Å². The minimum atomic E-state index is -0.416. The summed E-state index contributed by atoms with van der Waals surface area (Å²) in [6.45, 7) is 0. The van der Waals surface area contributed by atoms with Crippen LogP contribution in [0.2, 0.25) is 0 Å². The number of benzene rings is 6. The Hall–Kier alpha value is -3.92. The zero-order valence-electron chi connectivity index (χ0n) is 21.5. The first kappa shape index (κ1) is 23.9. The third kappa shape index (κ3) is 3.31. The molecule has 1 aliphatic carbocycles. The Balaban J connectivity index is 1.50. The van der Waals surface area contributed by atoms with Gasteiger partial charge in [0.2, 0.25) is 0 Å². The van der Waals surface area contributed by atoms with Gasteiger partial charge < -0.3 is 4.57 Å². The van der Waals surface area contributed by atoms with Gasteiger partial charge in [-0.3, -0.25) is 0 Å². The molecule has 0 fully saturated rings. The third-order valence-electron chi connectivity index (χ3n) is 8.40. The Bertz CT molecular complexity index is 2030. The van der Waals surface area contributed by atoms with Crippen molar-refractivity contribution in [3.63, 3.8) is 0 Å². The highest BCUT2D eigenvalue weighted by Crippen LogP contribution is 2.56. The maximum Gasteiger partial charge on any atom is 0.0713 e. The molecule has 0 N–H and O–H groups in total. The Morgan fingerprint density at radius 1 is 0.450 bits per heavy atom. The van der Waals surface area contributed by atoms with Crippen molar-refractivity contribution in [3.05, 3.63) is 171 Å². The minimum absolute atomic E-state index is 0.416. The second-order valence-corrected chi connectivity index (χ2v) is 12.2. The first-order chi connectivity index (χ1) is 19.7. The van der Waals surface area contributed by atoms with Gasteiger partial charge in [-0.15, -0.1) is 0 Å². The Kier molecular flexibility index (Phi) is 5.42. The van der Waals surface area contributed by atoms with E-state index in [0.29, 0.717) is 0 Å². The molecule has 8 rings (SSSR count). The van der Waals surface area contributed by atoms with E-state index in [0.717, 1.165) is 14.6 Å². The van der Waals surface area contributed by atoms with Crippen molar-refractivity contribution in [3.8, 4) is 16.8 Å². The lowest BCUT2D eigenvalue weighted by Crippen LogP contribution is -2.28. The zero-order valence-corrected chi connectivity index (χ0v) is 24.7. The van der Waals surface area contributed by atoms with Crippen LogP contribution in [-0.2, 0) is 5.41 Å². The molecule has 0 atom stereocenters. The maximum atomic E-state index is 3.75. The van der Waals surface area contributed by atoms with Crippen LogP contribution >= 0.6 is 31.9 Å². The highest BCUT2D eigenvalue weighted by molar-refractivity contribution is 9.10. The molecule has 6 aromatic carbocycles. The summed E-state index contributed by atoms with van der Waals surface area (Å²) in [5.41, 5.74) is 11.0. The van der Waals surface area contributed by atoms with Crippen LogP contribution in [0.1, 0.15) is 22.3 Å². The molecule has 40 heavy (non-hydrogen) atoms. The molecular weight excluding hydrogens is 618 g/mol. The summed E-state index contributed by atoms with van der Waals surface area (Å²) >= 11 is 7.36. The Labute approximate surface area is 250 Å². The van der Waals surface area contributed by atoms with Gasteiger partial charge in [0.25, 0.3) is 0 Å². The van der Waals surface area contributed by atoms with Crippen LogP contribution < -0.4 is 0 Å². The van der Waals surface area contributed by atoms with E-state index >= 15 is 0 Å². The summed E-state index contributed by atoms with van der Waals surface area (Å²) in [4.78, 5) is 0. The molecule has 0 bridgehead atoms. The molecule has 0 spiro atoms. The highest BCUT2D eigenvalue weighted by Gasteiger charge is 2.45. The number of hydrogen-bond donors (Lipinski definition) is 0. The molecule has 3 heteroatoms. The van der Waals surface area contributed by atoms with Gasteiger partial charge in [-0.05, 0) is 88.0 Å². The monoisotopic (exact) mass is 639 g/mol. The fraction of sp³-hybridized carbons (Fsp3) is 0.0270. The van der Waals surface area contributed by atoms with Crippen LogP contribution in [0.4, 0.5) is 0 Å². The van der Waals surface area contributed by atoms with Gasteiger partial charge in [0.1, 0.15) is 0 Å². The average molecular weight is 641 g/mol. The predicted octanol–water partition coefficient (Wildman–Crippen LogP) is 10.7. The van der Waals surface area contributed by atoms with Crippen molar-refractivity contribution < 1.29 is 0 Å². The SMILES string of the molecule is Brc1ccc(-n2c3ccc(Br)cc3c3cc(C4(c5ccccc5)c5ccccc5-c5ccccc54)ccc32)cc1. The van der Waals surface area contributed by atoms with Gasteiger partial charge in [0.05, 0.1) is 16.4 Å². The largest absolute Gasteiger partial charge is 0.309 e. The van der Waals surface area contributed by atoms with Crippen molar-refractivity contribution in [1.82, 2.24) is 4.57 Å². The smallest absolute Gasteiger partial charge is 0.0713 e. The average Bonchev–Trinajstić information content (AvgIpc) is 3.48. The molecule has 7 aromatic rings. The van der Waals surface area contributed by atoms with Gasteiger partial charge >= 0.3 is 0 Å². The van der Waals surface area contributed by atoms with Crippen molar-refractivity contribution in [2.75, 3.05) is 0 Å². The predicted molar refractivity (Wildman–Crippen MR) is 173 cm³/mol. The van der Waals surface area contributed by atoms with E-state index in [2.05, 4.69) is 176 Å². The number of hydrogen-bond acceptors (Lipinski definition) is 0. The minimum Gasteiger partial charge on any atom is -0.309 e. The maximum absolute atomic E-state index is 3.75. The molecular formula is C37H23Br2N. The van der Waals surface area contributed by atoms with E-state index in [9.17, 15) is 0 Å². The van der Waals surface area contributed by atoms with E-state index in [4.69, 9.17) is 0 Å². The van der Waals surface area contributed by atoms with Crippen LogP contribution in [0.5, 0.6) is 0 Å². The second-order valence-electron chi connectivity index (χ2n) is 10.4. The summed E-state index contributed by atoms with van der Waals surface area (Å²) in [5, 5.41) is 2.48. The number of halogens is 2. The normalized spacial score (nSPS) is 13.4. The van der Waals surface area contributed by atoms with Gasteiger partial charge in [0.15, 0.2) is 0 Å². The van der Waals surface area contributed by atoms with Crippen LogP contribution in [0.15, 0.2) is 148 Å². The van der Waals surface area contributed by atoms with E-state index < -0.39 is 5.41 Å². The number of nitrogens with zero attached hydrogens (tertiary/aromatic N) is 1.